The Morgan fingerprint density at radius 2 is 1.75 bits per heavy atom. The van der Waals surface area contributed by atoms with Gasteiger partial charge in [-0.1, -0.05) is 0 Å². The molecule has 4 heteroatoms. The van der Waals surface area contributed by atoms with E-state index in [0.29, 0.717) is 6.04 Å². The SMILES string of the molecule is CC1(C)CC(N2CCNC2=O)CC(C)(C)N1. The lowest BCUT2D eigenvalue weighted by Crippen LogP contribution is -2.62. The molecule has 0 unspecified atom stereocenters. The number of carbonyl (C=O) groups is 1. The van der Waals surface area contributed by atoms with Gasteiger partial charge in [0.05, 0.1) is 0 Å². The van der Waals surface area contributed by atoms with Crippen molar-refractivity contribution in [3.63, 3.8) is 0 Å². The highest BCUT2D eigenvalue weighted by Gasteiger charge is 2.42. The van der Waals surface area contributed by atoms with E-state index in [4.69, 9.17) is 0 Å². The summed E-state index contributed by atoms with van der Waals surface area (Å²) in [4.78, 5) is 13.7. The molecular formula is C12H23N3O. The summed E-state index contributed by atoms with van der Waals surface area (Å²) in [7, 11) is 0. The third kappa shape index (κ3) is 2.32. The van der Waals surface area contributed by atoms with Gasteiger partial charge < -0.3 is 15.5 Å². The minimum absolute atomic E-state index is 0.106. The molecule has 0 spiro atoms. The van der Waals surface area contributed by atoms with Crippen LogP contribution in [0.2, 0.25) is 0 Å². The van der Waals surface area contributed by atoms with Gasteiger partial charge in [0.25, 0.3) is 0 Å². The van der Waals surface area contributed by atoms with Gasteiger partial charge in [0.1, 0.15) is 0 Å². The number of urea groups is 1. The fourth-order valence-corrected chi connectivity index (χ4v) is 3.32. The Bertz CT molecular complexity index is 283. The first-order valence-corrected chi connectivity index (χ1v) is 6.13. The van der Waals surface area contributed by atoms with E-state index in [1.165, 1.54) is 0 Å². The molecule has 2 amide bonds. The molecule has 2 aliphatic rings. The van der Waals surface area contributed by atoms with Crippen LogP contribution in [-0.2, 0) is 0 Å². The lowest BCUT2D eigenvalue weighted by atomic mass is 9.79. The first-order valence-electron chi connectivity index (χ1n) is 6.13. The monoisotopic (exact) mass is 225 g/mol. The van der Waals surface area contributed by atoms with Crippen molar-refractivity contribution in [2.75, 3.05) is 13.1 Å². The van der Waals surface area contributed by atoms with Gasteiger partial charge in [-0.15, -0.1) is 0 Å². The second-order valence-electron chi connectivity index (χ2n) is 6.38. The Balaban J connectivity index is 2.13. The Morgan fingerprint density at radius 1 is 1.19 bits per heavy atom. The van der Waals surface area contributed by atoms with Gasteiger partial charge >= 0.3 is 6.03 Å². The third-order valence-corrected chi connectivity index (χ3v) is 3.50. The van der Waals surface area contributed by atoms with E-state index in [0.717, 1.165) is 25.9 Å². The topological polar surface area (TPSA) is 44.4 Å². The molecule has 92 valence electrons. The van der Waals surface area contributed by atoms with Crippen LogP contribution in [0.25, 0.3) is 0 Å². The van der Waals surface area contributed by atoms with Crippen LogP contribution in [0, 0.1) is 0 Å². The number of piperidine rings is 1. The Morgan fingerprint density at radius 3 is 2.19 bits per heavy atom. The molecule has 0 aromatic rings. The quantitative estimate of drug-likeness (QED) is 0.707. The van der Waals surface area contributed by atoms with E-state index in [1.54, 1.807) is 0 Å². The molecule has 4 nitrogen and oxygen atoms in total. The summed E-state index contributed by atoms with van der Waals surface area (Å²) in [6.45, 7) is 10.5. The number of hydrogen-bond donors (Lipinski definition) is 2. The number of rotatable bonds is 1. The maximum absolute atomic E-state index is 11.7. The van der Waals surface area contributed by atoms with Crippen molar-refractivity contribution in [2.45, 2.75) is 57.7 Å². The predicted molar refractivity (Wildman–Crippen MR) is 64.4 cm³/mol. The normalized spacial score (nSPS) is 29.2. The molecule has 0 aliphatic carbocycles. The van der Waals surface area contributed by atoms with Crippen LogP contribution < -0.4 is 10.6 Å². The molecule has 2 aliphatic heterocycles. The maximum atomic E-state index is 11.7. The van der Waals surface area contributed by atoms with Crippen molar-refractivity contribution in [3.05, 3.63) is 0 Å². The van der Waals surface area contributed by atoms with Crippen molar-refractivity contribution < 1.29 is 4.79 Å². The zero-order chi connectivity index (χ0) is 12.0. The Kier molecular flexibility index (Phi) is 2.65. The molecule has 2 fully saturated rings. The fraction of sp³-hybridized carbons (Fsp3) is 0.917. The second-order valence-corrected chi connectivity index (χ2v) is 6.38. The number of nitrogens with one attached hydrogen (secondary N) is 2. The second kappa shape index (κ2) is 3.62. The number of hydrogen-bond acceptors (Lipinski definition) is 2. The van der Waals surface area contributed by atoms with Crippen molar-refractivity contribution in [1.82, 2.24) is 15.5 Å². The molecule has 0 atom stereocenters. The average molecular weight is 225 g/mol. The summed E-state index contributed by atoms with van der Waals surface area (Å²) in [6.07, 6.45) is 2.06. The van der Waals surface area contributed by atoms with Crippen LogP contribution in [-0.4, -0.2) is 41.1 Å². The smallest absolute Gasteiger partial charge is 0.317 e. The van der Waals surface area contributed by atoms with Gasteiger partial charge in [-0.05, 0) is 40.5 Å². The highest BCUT2D eigenvalue weighted by atomic mass is 16.2. The average Bonchev–Trinajstić information content (AvgIpc) is 2.45. The molecule has 0 radical (unpaired) electrons. The van der Waals surface area contributed by atoms with Crippen molar-refractivity contribution in [2.24, 2.45) is 0 Å². The van der Waals surface area contributed by atoms with Gasteiger partial charge in [0.2, 0.25) is 0 Å². The summed E-state index contributed by atoms with van der Waals surface area (Å²) >= 11 is 0. The standard InChI is InChI=1S/C12H23N3O/c1-11(2)7-9(8-12(3,4)14-11)15-6-5-13-10(15)16/h9,14H,5-8H2,1-4H3,(H,13,16). The van der Waals surface area contributed by atoms with E-state index >= 15 is 0 Å². The van der Waals surface area contributed by atoms with E-state index in [-0.39, 0.29) is 17.1 Å². The molecule has 2 heterocycles. The van der Waals surface area contributed by atoms with Gasteiger partial charge in [0, 0.05) is 30.2 Å². The van der Waals surface area contributed by atoms with Gasteiger partial charge in [-0.2, -0.15) is 0 Å². The number of amides is 2. The van der Waals surface area contributed by atoms with E-state index in [1.807, 2.05) is 4.90 Å². The van der Waals surface area contributed by atoms with E-state index < -0.39 is 0 Å². The van der Waals surface area contributed by atoms with Gasteiger partial charge in [-0.25, -0.2) is 4.79 Å². The van der Waals surface area contributed by atoms with Crippen molar-refractivity contribution in [3.8, 4) is 0 Å². The van der Waals surface area contributed by atoms with Crippen LogP contribution in [0.5, 0.6) is 0 Å². The predicted octanol–water partition coefficient (Wildman–Crippen LogP) is 1.32. The maximum Gasteiger partial charge on any atom is 0.317 e. The van der Waals surface area contributed by atoms with Crippen molar-refractivity contribution >= 4 is 6.03 Å². The third-order valence-electron chi connectivity index (χ3n) is 3.50. The summed E-state index contributed by atoms with van der Waals surface area (Å²) in [5.74, 6) is 0. The lowest BCUT2D eigenvalue weighted by molar-refractivity contribution is 0.0941. The van der Waals surface area contributed by atoms with Crippen LogP contribution >= 0.6 is 0 Å². The van der Waals surface area contributed by atoms with Crippen molar-refractivity contribution in [1.29, 1.82) is 0 Å². The summed E-state index contributed by atoms with van der Waals surface area (Å²) in [5, 5.41) is 6.53. The number of carbonyl (C=O) groups excluding carboxylic acids is 1. The van der Waals surface area contributed by atoms with Crippen LogP contribution in [0.4, 0.5) is 4.79 Å². The first kappa shape index (κ1) is 11.7. The zero-order valence-corrected chi connectivity index (χ0v) is 10.8. The molecule has 16 heavy (non-hydrogen) atoms. The van der Waals surface area contributed by atoms with Crippen LogP contribution in [0.15, 0.2) is 0 Å². The Labute approximate surface area is 97.8 Å². The largest absolute Gasteiger partial charge is 0.336 e. The molecule has 0 saturated carbocycles. The minimum atomic E-state index is 0.106. The van der Waals surface area contributed by atoms with Crippen LogP contribution in [0.1, 0.15) is 40.5 Å². The highest BCUT2D eigenvalue weighted by Crippen LogP contribution is 2.31. The minimum Gasteiger partial charge on any atom is -0.336 e. The van der Waals surface area contributed by atoms with Gasteiger partial charge in [0.15, 0.2) is 0 Å². The molecule has 2 rings (SSSR count). The summed E-state index contributed by atoms with van der Waals surface area (Å²) < 4.78 is 0. The van der Waals surface area contributed by atoms with Crippen LogP contribution in [0.3, 0.4) is 0 Å². The number of nitrogens with zero attached hydrogens (tertiary/aromatic N) is 1. The molecule has 0 aromatic carbocycles. The summed E-state index contributed by atoms with van der Waals surface area (Å²) in [6, 6.07) is 0.479. The molecule has 0 aromatic heterocycles. The summed E-state index contributed by atoms with van der Waals surface area (Å²) in [5.41, 5.74) is 0.213. The van der Waals surface area contributed by atoms with Gasteiger partial charge in [-0.3, -0.25) is 0 Å². The Hall–Kier alpha value is -0.770. The highest BCUT2D eigenvalue weighted by molar-refractivity contribution is 5.76. The first-order chi connectivity index (χ1) is 7.29. The molecule has 0 bridgehead atoms. The zero-order valence-electron chi connectivity index (χ0n) is 10.8. The van der Waals surface area contributed by atoms with E-state index in [9.17, 15) is 4.79 Å². The van der Waals surface area contributed by atoms with E-state index in [2.05, 4.69) is 38.3 Å². The molecule has 2 N–H and O–H groups in total. The molecule has 2 saturated heterocycles. The lowest BCUT2D eigenvalue weighted by Gasteiger charge is -2.48. The fourth-order valence-electron chi connectivity index (χ4n) is 3.32. The molecular weight excluding hydrogens is 202 g/mol.